The van der Waals surface area contributed by atoms with Crippen molar-refractivity contribution in [3.05, 3.63) is 65.7 Å². The maximum Gasteiger partial charge on any atom is 0.294 e. The van der Waals surface area contributed by atoms with E-state index in [-0.39, 0.29) is 4.90 Å². The van der Waals surface area contributed by atoms with E-state index in [4.69, 9.17) is 4.55 Å². The molecule has 2 aromatic rings. The van der Waals surface area contributed by atoms with Crippen LogP contribution < -0.4 is 0 Å². The molecular weight excluding hydrogens is 322 g/mol. The molecule has 0 bridgehead atoms. The minimum absolute atomic E-state index is 0.0666. The molecule has 5 heteroatoms. The predicted octanol–water partition coefficient (Wildman–Crippen LogP) is 4.09. The van der Waals surface area contributed by atoms with Gasteiger partial charge in [0.05, 0.1) is 25.5 Å². The summed E-state index contributed by atoms with van der Waals surface area (Å²) in [6, 6.07) is 17.3. The van der Waals surface area contributed by atoms with E-state index in [1.54, 1.807) is 12.1 Å². The molecule has 132 valence electrons. The van der Waals surface area contributed by atoms with Gasteiger partial charge >= 0.3 is 0 Å². The Morgan fingerprint density at radius 3 is 1.92 bits per heavy atom. The van der Waals surface area contributed by atoms with Crippen LogP contribution in [0.2, 0.25) is 0 Å². The van der Waals surface area contributed by atoms with Crippen molar-refractivity contribution in [3.8, 4) is 0 Å². The van der Waals surface area contributed by atoms with Crippen LogP contribution in [-0.4, -0.2) is 38.1 Å². The molecule has 1 atom stereocenters. The number of aryl methyl sites for hydroxylation is 1. The van der Waals surface area contributed by atoms with Gasteiger partial charge in [0, 0.05) is 5.56 Å². The third-order valence-corrected chi connectivity index (χ3v) is 5.33. The zero-order valence-corrected chi connectivity index (χ0v) is 15.9. The standard InChI is InChI=1S/C12H20N.C7H8O3S/c1-5-13(3,4)11(2)12-9-7-6-8-10-12;1-6-2-4-7(5-3-6)11(8,9)10/h6-11H,5H2,1-4H3;2-5H,1H3,(H,8,9,10)/q+1;. The van der Waals surface area contributed by atoms with Crippen LogP contribution in [-0.2, 0) is 10.1 Å². The van der Waals surface area contributed by atoms with E-state index in [0.29, 0.717) is 6.04 Å². The van der Waals surface area contributed by atoms with E-state index in [2.05, 4.69) is 58.3 Å². The smallest absolute Gasteiger partial charge is 0.294 e. The van der Waals surface area contributed by atoms with Gasteiger partial charge in [0.1, 0.15) is 6.04 Å². The van der Waals surface area contributed by atoms with Gasteiger partial charge in [-0.1, -0.05) is 48.0 Å². The van der Waals surface area contributed by atoms with E-state index in [0.717, 1.165) is 16.6 Å². The fourth-order valence-corrected chi connectivity index (χ4v) is 2.60. The van der Waals surface area contributed by atoms with Gasteiger partial charge in [0.15, 0.2) is 0 Å². The molecule has 24 heavy (non-hydrogen) atoms. The number of quaternary nitrogens is 1. The van der Waals surface area contributed by atoms with Crippen LogP contribution in [0, 0.1) is 6.92 Å². The Hall–Kier alpha value is -1.69. The fraction of sp³-hybridized carbons (Fsp3) is 0.368. The molecule has 0 radical (unpaired) electrons. The average molecular weight is 351 g/mol. The Bertz CT molecular complexity index is 723. The van der Waals surface area contributed by atoms with Crippen LogP contribution in [0.1, 0.15) is 31.0 Å². The van der Waals surface area contributed by atoms with Crippen LogP contribution >= 0.6 is 0 Å². The first-order valence-corrected chi connectivity index (χ1v) is 9.43. The Kier molecular flexibility index (Phi) is 7.14. The largest absolute Gasteiger partial charge is 0.323 e. The quantitative estimate of drug-likeness (QED) is 0.667. The molecule has 1 N–H and O–H groups in total. The van der Waals surface area contributed by atoms with Crippen molar-refractivity contribution in [2.45, 2.75) is 31.7 Å². The van der Waals surface area contributed by atoms with Gasteiger partial charge in [0.25, 0.3) is 10.1 Å². The predicted molar refractivity (Wildman–Crippen MR) is 98.5 cm³/mol. The van der Waals surface area contributed by atoms with Gasteiger partial charge in [0.2, 0.25) is 0 Å². The molecule has 0 aromatic heterocycles. The van der Waals surface area contributed by atoms with Crippen LogP contribution in [0.15, 0.2) is 59.5 Å². The maximum absolute atomic E-state index is 10.5. The monoisotopic (exact) mass is 350 g/mol. The Balaban J connectivity index is 0.000000243. The van der Waals surface area contributed by atoms with Gasteiger partial charge in [-0.05, 0) is 32.9 Å². The summed E-state index contributed by atoms with van der Waals surface area (Å²) in [7, 11) is 0.531. The summed E-state index contributed by atoms with van der Waals surface area (Å²) >= 11 is 0. The summed E-state index contributed by atoms with van der Waals surface area (Å²) in [5.41, 5.74) is 2.38. The number of rotatable bonds is 4. The highest BCUT2D eigenvalue weighted by Gasteiger charge is 2.22. The molecule has 0 amide bonds. The van der Waals surface area contributed by atoms with Crippen molar-refractivity contribution in [1.82, 2.24) is 0 Å². The van der Waals surface area contributed by atoms with Crippen LogP contribution in [0.5, 0.6) is 0 Å². The molecule has 0 aliphatic rings. The second-order valence-electron chi connectivity index (χ2n) is 6.47. The van der Waals surface area contributed by atoms with Gasteiger partial charge in [-0.2, -0.15) is 8.42 Å². The highest BCUT2D eigenvalue weighted by atomic mass is 32.2. The molecule has 0 saturated carbocycles. The summed E-state index contributed by atoms with van der Waals surface area (Å²) in [6.07, 6.45) is 0. The van der Waals surface area contributed by atoms with Crippen molar-refractivity contribution < 1.29 is 17.5 Å². The first kappa shape index (κ1) is 20.4. The van der Waals surface area contributed by atoms with Gasteiger partial charge in [-0.3, -0.25) is 4.55 Å². The number of hydrogen-bond acceptors (Lipinski definition) is 2. The lowest BCUT2D eigenvalue weighted by Crippen LogP contribution is -2.41. The summed E-state index contributed by atoms with van der Waals surface area (Å²) in [5.74, 6) is 0. The lowest BCUT2D eigenvalue weighted by molar-refractivity contribution is -0.917. The molecule has 4 nitrogen and oxygen atoms in total. The van der Waals surface area contributed by atoms with E-state index in [9.17, 15) is 8.42 Å². The fourth-order valence-electron chi connectivity index (χ4n) is 2.12. The molecule has 0 aliphatic carbocycles. The maximum atomic E-state index is 10.5. The minimum atomic E-state index is -4.02. The number of nitrogens with zero attached hydrogens (tertiary/aromatic N) is 1. The Labute approximate surface area is 146 Å². The molecule has 0 heterocycles. The first-order chi connectivity index (χ1) is 11.1. The van der Waals surface area contributed by atoms with Gasteiger partial charge in [-0.15, -0.1) is 0 Å². The first-order valence-electron chi connectivity index (χ1n) is 7.99. The highest BCUT2D eigenvalue weighted by molar-refractivity contribution is 7.85. The second kappa shape index (κ2) is 8.42. The average Bonchev–Trinajstić information content (AvgIpc) is 2.55. The molecule has 1 unspecified atom stereocenters. The summed E-state index contributed by atoms with van der Waals surface area (Å²) in [6.45, 7) is 7.53. The van der Waals surface area contributed by atoms with Crippen LogP contribution in [0.4, 0.5) is 0 Å². The number of hydrogen-bond donors (Lipinski definition) is 1. The third-order valence-electron chi connectivity index (χ3n) is 4.46. The van der Waals surface area contributed by atoms with Crippen LogP contribution in [0.25, 0.3) is 0 Å². The molecule has 0 aliphatic heterocycles. The highest BCUT2D eigenvalue weighted by Crippen LogP contribution is 2.23. The molecule has 0 spiro atoms. The third kappa shape index (κ3) is 6.07. The molecule has 0 saturated heterocycles. The topological polar surface area (TPSA) is 54.4 Å². The van der Waals surface area contributed by atoms with E-state index >= 15 is 0 Å². The number of benzene rings is 2. The SMILES string of the molecule is CC[N+](C)(C)C(C)c1ccccc1.Cc1ccc(S(=O)(=O)O)cc1. The summed E-state index contributed by atoms with van der Waals surface area (Å²) < 4.78 is 30.6. The molecular formula is C19H28NO3S+. The van der Waals surface area contributed by atoms with Gasteiger partial charge in [-0.25, -0.2) is 0 Å². The normalized spacial score (nSPS) is 12.9. The van der Waals surface area contributed by atoms with Crippen molar-refractivity contribution in [2.24, 2.45) is 0 Å². The summed E-state index contributed by atoms with van der Waals surface area (Å²) in [4.78, 5) is -0.0666. The van der Waals surface area contributed by atoms with Crippen molar-refractivity contribution >= 4 is 10.1 Å². The lowest BCUT2D eigenvalue weighted by Gasteiger charge is -2.35. The minimum Gasteiger partial charge on any atom is -0.323 e. The molecule has 2 rings (SSSR count). The van der Waals surface area contributed by atoms with Gasteiger partial charge < -0.3 is 4.48 Å². The molecule has 0 fully saturated rings. The lowest BCUT2D eigenvalue weighted by atomic mass is 10.1. The van der Waals surface area contributed by atoms with E-state index < -0.39 is 10.1 Å². The zero-order chi connectivity index (χ0) is 18.4. The van der Waals surface area contributed by atoms with Crippen molar-refractivity contribution in [1.29, 1.82) is 0 Å². The summed E-state index contributed by atoms with van der Waals surface area (Å²) in [5, 5.41) is 0. The van der Waals surface area contributed by atoms with Crippen molar-refractivity contribution in [3.63, 3.8) is 0 Å². The van der Waals surface area contributed by atoms with Crippen molar-refractivity contribution in [2.75, 3.05) is 20.6 Å². The van der Waals surface area contributed by atoms with E-state index in [1.807, 2.05) is 6.92 Å². The zero-order valence-electron chi connectivity index (χ0n) is 15.1. The van der Waals surface area contributed by atoms with Crippen LogP contribution in [0.3, 0.4) is 0 Å². The van der Waals surface area contributed by atoms with E-state index in [1.165, 1.54) is 17.7 Å². The second-order valence-corrected chi connectivity index (χ2v) is 7.89. The molecule has 2 aromatic carbocycles. The Morgan fingerprint density at radius 2 is 1.50 bits per heavy atom. The Morgan fingerprint density at radius 1 is 1.00 bits per heavy atom.